The first-order valence-electron chi connectivity index (χ1n) is 3.30. The van der Waals surface area contributed by atoms with Gasteiger partial charge in [0.25, 0.3) is 0 Å². The van der Waals surface area contributed by atoms with E-state index < -0.39 is 4.51 Å². The van der Waals surface area contributed by atoms with Crippen LogP contribution in [0, 0.1) is 0 Å². The molecule has 1 unspecified atom stereocenters. The van der Waals surface area contributed by atoms with Crippen molar-refractivity contribution in [2.75, 3.05) is 0 Å². The maximum Gasteiger partial charge on any atom is 0.167 e. The number of rotatable bonds is 2. The Morgan fingerprint density at radius 3 is 2.08 bits per heavy atom. The zero-order chi connectivity index (χ0) is 9.19. The van der Waals surface area contributed by atoms with Gasteiger partial charge in [-0.3, -0.25) is 0 Å². The molecular weight excluding hydrogens is 352 g/mol. The van der Waals surface area contributed by atoms with Crippen molar-refractivity contribution >= 4 is 47.8 Å². The third kappa shape index (κ3) is 2.31. The van der Waals surface area contributed by atoms with Crippen LogP contribution in [0.25, 0.3) is 0 Å². The summed E-state index contributed by atoms with van der Waals surface area (Å²) in [7, 11) is 0. The van der Waals surface area contributed by atoms with E-state index in [1.807, 2.05) is 30.3 Å². The maximum absolute atomic E-state index is 9.89. The lowest BCUT2D eigenvalue weighted by molar-refractivity contribution is 0.167. The number of aliphatic hydroxyl groups is 1. The highest BCUT2D eigenvalue weighted by Gasteiger charge is 2.31. The number of halogens is 3. The van der Waals surface area contributed by atoms with Crippen molar-refractivity contribution < 1.29 is 5.11 Å². The highest BCUT2D eigenvalue weighted by atomic mass is 79.9. The Balaban J connectivity index is 2.98. The molecule has 0 aromatic heterocycles. The third-order valence-corrected chi connectivity index (χ3v) is 4.94. The average molecular weight is 359 g/mol. The minimum absolute atomic E-state index is 0.222. The average Bonchev–Trinajstić information content (AvgIpc) is 2.06. The Hall–Kier alpha value is 0.620. The van der Waals surface area contributed by atoms with Gasteiger partial charge in [-0.15, -0.1) is 0 Å². The Bertz CT molecular complexity index is 246. The lowest BCUT2D eigenvalue weighted by atomic mass is 10.1. The van der Waals surface area contributed by atoms with Crippen molar-refractivity contribution in [3.8, 4) is 0 Å². The Kier molecular flexibility index (Phi) is 3.76. The summed E-state index contributed by atoms with van der Waals surface area (Å²) in [4.78, 5) is 0. The molecule has 0 fully saturated rings. The predicted octanol–water partition coefficient (Wildman–Crippen LogP) is 3.34. The van der Waals surface area contributed by atoms with Gasteiger partial charge in [-0.05, 0) is 21.5 Å². The SMILES string of the molecule is OC(Br)(c1ccccc1)C(Br)Br. The van der Waals surface area contributed by atoms with Crippen LogP contribution >= 0.6 is 47.8 Å². The van der Waals surface area contributed by atoms with Gasteiger partial charge in [0.1, 0.15) is 3.74 Å². The molecule has 1 rings (SSSR count). The van der Waals surface area contributed by atoms with Crippen molar-refractivity contribution in [2.24, 2.45) is 0 Å². The fourth-order valence-corrected chi connectivity index (χ4v) is 1.59. The Morgan fingerprint density at radius 1 is 1.17 bits per heavy atom. The van der Waals surface area contributed by atoms with Gasteiger partial charge < -0.3 is 5.11 Å². The molecule has 0 amide bonds. The molecule has 1 atom stereocenters. The van der Waals surface area contributed by atoms with E-state index in [2.05, 4.69) is 47.8 Å². The van der Waals surface area contributed by atoms with Crippen LogP contribution in [0.5, 0.6) is 0 Å². The van der Waals surface area contributed by atoms with E-state index in [4.69, 9.17) is 0 Å². The molecule has 0 saturated carbocycles. The predicted molar refractivity (Wildman–Crippen MR) is 60.9 cm³/mol. The van der Waals surface area contributed by atoms with Crippen LogP contribution in [0.3, 0.4) is 0 Å². The van der Waals surface area contributed by atoms with Crippen molar-refractivity contribution in [1.29, 1.82) is 0 Å². The van der Waals surface area contributed by atoms with Crippen LogP contribution in [0.15, 0.2) is 30.3 Å². The maximum atomic E-state index is 9.89. The van der Waals surface area contributed by atoms with Crippen LogP contribution in [-0.4, -0.2) is 8.84 Å². The number of hydrogen-bond acceptors (Lipinski definition) is 1. The highest BCUT2D eigenvalue weighted by Crippen LogP contribution is 2.38. The largest absolute Gasteiger partial charge is 0.373 e. The van der Waals surface area contributed by atoms with Crippen molar-refractivity contribution in [1.82, 2.24) is 0 Å². The van der Waals surface area contributed by atoms with Gasteiger partial charge in [-0.25, -0.2) is 0 Å². The second-order valence-electron chi connectivity index (χ2n) is 2.34. The molecule has 1 aromatic rings. The fourth-order valence-electron chi connectivity index (χ4n) is 0.798. The Morgan fingerprint density at radius 2 is 1.67 bits per heavy atom. The molecule has 12 heavy (non-hydrogen) atoms. The van der Waals surface area contributed by atoms with Crippen LogP contribution in [0.2, 0.25) is 0 Å². The summed E-state index contributed by atoms with van der Waals surface area (Å²) in [6.07, 6.45) is 0. The monoisotopic (exact) mass is 356 g/mol. The van der Waals surface area contributed by atoms with Gasteiger partial charge >= 0.3 is 0 Å². The second kappa shape index (κ2) is 4.22. The molecule has 0 heterocycles. The molecule has 0 aliphatic heterocycles. The fraction of sp³-hybridized carbons (Fsp3) is 0.250. The minimum atomic E-state index is -1.06. The quantitative estimate of drug-likeness (QED) is 0.804. The zero-order valence-electron chi connectivity index (χ0n) is 6.05. The highest BCUT2D eigenvalue weighted by molar-refractivity contribution is 9.25. The van der Waals surface area contributed by atoms with Crippen LogP contribution in [0.4, 0.5) is 0 Å². The molecule has 0 aliphatic carbocycles. The molecular formula is C8H7Br3O. The van der Waals surface area contributed by atoms with Gasteiger partial charge in [-0.2, -0.15) is 0 Å². The topological polar surface area (TPSA) is 20.2 Å². The van der Waals surface area contributed by atoms with Gasteiger partial charge in [0, 0.05) is 0 Å². The zero-order valence-corrected chi connectivity index (χ0v) is 10.8. The normalized spacial score (nSPS) is 16.1. The molecule has 0 bridgehead atoms. The summed E-state index contributed by atoms with van der Waals surface area (Å²) in [5, 5.41) is 9.89. The Labute approximate surface area is 96.6 Å². The standard InChI is InChI=1S/C8H7Br3O/c9-7(10)8(11,12)6-4-2-1-3-5-6/h1-5,7,12H. The first-order valence-corrected chi connectivity index (χ1v) is 5.92. The van der Waals surface area contributed by atoms with Crippen molar-refractivity contribution in [3.63, 3.8) is 0 Å². The summed E-state index contributed by atoms with van der Waals surface area (Å²) >= 11 is 9.72. The third-order valence-electron chi connectivity index (χ3n) is 1.47. The van der Waals surface area contributed by atoms with E-state index in [1.165, 1.54) is 0 Å². The minimum Gasteiger partial charge on any atom is -0.373 e. The molecule has 66 valence electrons. The lowest BCUT2D eigenvalue weighted by Crippen LogP contribution is -2.24. The smallest absolute Gasteiger partial charge is 0.167 e. The summed E-state index contributed by atoms with van der Waals surface area (Å²) in [5.41, 5.74) is 0.809. The van der Waals surface area contributed by atoms with Crippen LogP contribution in [-0.2, 0) is 4.51 Å². The lowest BCUT2D eigenvalue weighted by Gasteiger charge is -2.23. The molecule has 1 nitrogen and oxygen atoms in total. The summed E-state index contributed by atoms with van der Waals surface area (Å²) < 4.78 is -1.28. The molecule has 4 heteroatoms. The van der Waals surface area contributed by atoms with Gasteiger partial charge in [-0.1, -0.05) is 62.2 Å². The summed E-state index contributed by atoms with van der Waals surface area (Å²) in [6, 6.07) is 9.37. The summed E-state index contributed by atoms with van der Waals surface area (Å²) in [6.45, 7) is 0. The van der Waals surface area contributed by atoms with E-state index in [0.717, 1.165) is 5.56 Å². The molecule has 0 aliphatic rings. The molecule has 1 aromatic carbocycles. The van der Waals surface area contributed by atoms with Crippen molar-refractivity contribution in [3.05, 3.63) is 35.9 Å². The second-order valence-corrected chi connectivity index (χ2v) is 6.61. The van der Waals surface area contributed by atoms with Crippen molar-refractivity contribution in [2.45, 2.75) is 8.25 Å². The van der Waals surface area contributed by atoms with E-state index >= 15 is 0 Å². The van der Waals surface area contributed by atoms with E-state index in [9.17, 15) is 5.11 Å². The number of hydrogen-bond donors (Lipinski definition) is 1. The molecule has 0 saturated heterocycles. The van der Waals surface area contributed by atoms with Crippen LogP contribution < -0.4 is 0 Å². The van der Waals surface area contributed by atoms with E-state index in [0.29, 0.717) is 0 Å². The van der Waals surface area contributed by atoms with E-state index in [-0.39, 0.29) is 3.74 Å². The molecule has 0 spiro atoms. The first-order chi connectivity index (χ1) is 5.55. The first kappa shape index (κ1) is 10.7. The number of alkyl halides is 3. The van der Waals surface area contributed by atoms with Crippen LogP contribution in [0.1, 0.15) is 5.56 Å². The van der Waals surface area contributed by atoms with E-state index in [1.54, 1.807) is 0 Å². The van der Waals surface area contributed by atoms with Gasteiger partial charge in [0.15, 0.2) is 4.51 Å². The van der Waals surface area contributed by atoms with Gasteiger partial charge in [0.2, 0.25) is 0 Å². The molecule has 0 radical (unpaired) electrons. The number of benzene rings is 1. The van der Waals surface area contributed by atoms with Gasteiger partial charge in [0.05, 0.1) is 0 Å². The molecule has 1 N–H and O–H groups in total. The summed E-state index contributed by atoms with van der Waals surface area (Å²) in [5.74, 6) is 0.